The van der Waals surface area contributed by atoms with E-state index in [4.69, 9.17) is 0 Å². The second-order valence-corrected chi connectivity index (χ2v) is 4.07. The minimum absolute atomic E-state index is 1.08. The van der Waals surface area contributed by atoms with Crippen molar-refractivity contribution in [1.82, 2.24) is 0 Å². The molecule has 0 atom stereocenters. The average Bonchev–Trinajstić information content (AvgIpc) is 1.91. The maximum absolute atomic E-state index is 2.29. The fraction of sp³-hybridized carbons (Fsp3) is 1.00. The second kappa shape index (κ2) is 4.21. The van der Waals surface area contributed by atoms with Crippen molar-refractivity contribution in [3.05, 3.63) is 0 Å². The largest absolute Gasteiger partial charge is 0.162 e. The molecule has 0 aromatic rings. The topological polar surface area (TPSA) is 0 Å². The molecule has 0 N–H and O–H groups in total. The zero-order valence-electron chi connectivity index (χ0n) is 6.23. The molecule has 0 aromatic heterocycles. The van der Waals surface area contributed by atoms with Gasteiger partial charge in [0.1, 0.15) is 0 Å². The Morgan fingerprint density at radius 1 is 1.33 bits per heavy atom. The second-order valence-electron chi connectivity index (χ2n) is 2.84. The molecule has 1 aliphatic rings. The van der Waals surface area contributed by atoms with Crippen LogP contribution in [0.1, 0.15) is 32.6 Å². The molecular formula is C8H16S. The van der Waals surface area contributed by atoms with Crippen LogP contribution in [-0.4, -0.2) is 11.5 Å². The molecule has 0 spiro atoms. The average molecular weight is 144 g/mol. The Morgan fingerprint density at radius 3 is 2.56 bits per heavy atom. The molecule has 0 saturated carbocycles. The Bertz CT molecular complexity index is 62.2. The highest BCUT2D eigenvalue weighted by Crippen LogP contribution is 2.25. The molecule has 1 rings (SSSR count). The standard InChI is InChI=1S/C8H16S/c1-2-3-8-4-6-9-7-5-8/h8H,2-7H2,1H3. The third-order valence-electron chi connectivity index (χ3n) is 2.04. The van der Waals surface area contributed by atoms with Gasteiger partial charge >= 0.3 is 0 Å². The molecule has 1 fully saturated rings. The van der Waals surface area contributed by atoms with Gasteiger partial charge in [-0.2, -0.15) is 11.8 Å². The first-order chi connectivity index (χ1) is 4.43. The molecule has 0 unspecified atom stereocenters. The molecule has 54 valence electrons. The molecule has 0 amide bonds. The smallest absolute Gasteiger partial charge is 0.00649 e. The lowest BCUT2D eigenvalue weighted by Gasteiger charge is -2.19. The molecular weight excluding hydrogens is 128 g/mol. The first-order valence-electron chi connectivity index (χ1n) is 4.01. The minimum Gasteiger partial charge on any atom is -0.162 e. The van der Waals surface area contributed by atoms with E-state index in [-0.39, 0.29) is 0 Å². The summed E-state index contributed by atoms with van der Waals surface area (Å²) in [5, 5.41) is 0. The summed E-state index contributed by atoms with van der Waals surface area (Å²) in [7, 11) is 0. The third kappa shape index (κ3) is 2.61. The van der Waals surface area contributed by atoms with Gasteiger partial charge in [0.2, 0.25) is 0 Å². The predicted octanol–water partition coefficient (Wildman–Crippen LogP) is 2.93. The minimum atomic E-state index is 1.08. The van der Waals surface area contributed by atoms with Crippen LogP contribution in [0.4, 0.5) is 0 Å². The first kappa shape index (κ1) is 7.46. The van der Waals surface area contributed by atoms with Crippen molar-refractivity contribution in [2.45, 2.75) is 32.6 Å². The summed E-state index contributed by atoms with van der Waals surface area (Å²) in [5.74, 6) is 3.92. The summed E-state index contributed by atoms with van der Waals surface area (Å²) in [6.07, 6.45) is 5.83. The van der Waals surface area contributed by atoms with Crippen LogP contribution in [0.3, 0.4) is 0 Å². The summed E-state index contributed by atoms with van der Waals surface area (Å²) in [4.78, 5) is 0. The lowest BCUT2D eigenvalue weighted by atomic mass is 9.98. The van der Waals surface area contributed by atoms with Crippen LogP contribution in [0.15, 0.2) is 0 Å². The van der Waals surface area contributed by atoms with Crippen molar-refractivity contribution in [3.63, 3.8) is 0 Å². The van der Waals surface area contributed by atoms with Crippen molar-refractivity contribution in [1.29, 1.82) is 0 Å². The van der Waals surface area contributed by atoms with Gasteiger partial charge in [-0.25, -0.2) is 0 Å². The van der Waals surface area contributed by atoms with Crippen LogP contribution in [0.5, 0.6) is 0 Å². The van der Waals surface area contributed by atoms with Gasteiger partial charge in [0.05, 0.1) is 0 Å². The molecule has 0 bridgehead atoms. The van der Waals surface area contributed by atoms with E-state index in [0.29, 0.717) is 0 Å². The van der Waals surface area contributed by atoms with Crippen LogP contribution >= 0.6 is 11.8 Å². The van der Waals surface area contributed by atoms with Crippen LogP contribution in [0.25, 0.3) is 0 Å². The van der Waals surface area contributed by atoms with Crippen molar-refractivity contribution in [3.8, 4) is 0 Å². The first-order valence-corrected chi connectivity index (χ1v) is 5.16. The molecule has 0 aromatic carbocycles. The van der Waals surface area contributed by atoms with Crippen molar-refractivity contribution in [2.75, 3.05) is 11.5 Å². The molecule has 0 nitrogen and oxygen atoms in total. The quantitative estimate of drug-likeness (QED) is 0.574. The van der Waals surface area contributed by atoms with E-state index < -0.39 is 0 Å². The number of thioether (sulfide) groups is 1. The van der Waals surface area contributed by atoms with Gasteiger partial charge in [-0.05, 0) is 30.3 Å². The van der Waals surface area contributed by atoms with Crippen LogP contribution < -0.4 is 0 Å². The zero-order valence-corrected chi connectivity index (χ0v) is 7.04. The molecule has 1 aliphatic heterocycles. The predicted molar refractivity (Wildman–Crippen MR) is 45.0 cm³/mol. The van der Waals surface area contributed by atoms with Gasteiger partial charge < -0.3 is 0 Å². The molecule has 1 heteroatoms. The van der Waals surface area contributed by atoms with Crippen LogP contribution in [-0.2, 0) is 0 Å². The van der Waals surface area contributed by atoms with Gasteiger partial charge in [-0.1, -0.05) is 19.8 Å². The Labute approximate surface area is 62.4 Å². The zero-order chi connectivity index (χ0) is 6.53. The van der Waals surface area contributed by atoms with E-state index in [0.717, 1.165) is 5.92 Å². The van der Waals surface area contributed by atoms with E-state index in [1.54, 1.807) is 0 Å². The third-order valence-corrected chi connectivity index (χ3v) is 3.09. The number of hydrogen-bond acceptors (Lipinski definition) is 1. The summed E-state index contributed by atoms with van der Waals surface area (Å²) in [6.45, 7) is 2.29. The summed E-state index contributed by atoms with van der Waals surface area (Å²) in [5.41, 5.74) is 0. The van der Waals surface area contributed by atoms with E-state index in [9.17, 15) is 0 Å². The van der Waals surface area contributed by atoms with E-state index in [2.05, 4.69) is 18.7 Å². The lowest BCUT2D eigenvalue weighted by Crippen LogP contribution is -2.08. The summed E-state index contributed by atoms with van der Waals surface area (Å²) in [6, 6.07) is 0. The summed E-state index contributed by atoms with van der Waals surface area (Å²) >= 11 is 2.12. The summed E-state index contributed by atoms with van der Waals surface area (Å²) < 4.78 is 0. The van der Waals surface area contributed by atoms with E-state index in [1.807, 2.05) is 0 Å². The Kier molecular flexibility index (Phi) is 3.49. The van der Waals surface area contributed by atoms with Crippen molar-refractivity contribution < 1.29 is 0 Å². The van der Waals surface area contributed by atoms with Crippen LogP contribution in [0.2, 0.25) is 0 Å². The Morgan fingerprint density at radius 2 is 2.00 bits per heavy atom. The fourth-order valence-corrected chi connectivity index (χ4v) is 2.65. The SMILES string of the molecule is CCCC1CCSCC1. The lowest BCUT2D eigenvalue weighted by molar-refractivity contribution is 0.449. The maximum atomic E-state index is 2.29. The van der Waals surface area contributed by atoms with Gasteiger partial charge in [0, 0.05) is 0 Å². The number of rotatable bonds is 2. The van der Waals surface area contributed by atoms with Gasteiger partial charge in [0.15, 0.2) is 0 Å². The molecule has 1 heterocycles. The molecule has 0 aliphatic carbocycles. The van der Waals surface area contributed by atoms with E-state index in [1.165, 1.54) is 37.2 Å². The molecule has 0 radical (unpaired) electrons. The van der Waals surface area contributed by atoms with E-state index >= 15 is 0 Å². The van der Waals surface area contributed by atoms with Gasteiger partial charge in [-0.3, -0.25) is 0 Å². The van der Waals surface area contributed by atoms with Gasteiger partial charge in [-0.15, -0.1) is 0 Å². The van der Waals surface area contributed by atoms with Crippen molar-refractivity contribution in [2.24, 2.45) is 5.92 Å². The highest BCUT2D eigenvalue weighted by Gasteiger charge is 2.11. The Balaban J connectivity index is 2.08. The highest BCUT2D eigenvalue weighted by molar-refractivity contribution is 7.99. The van der Waals surface area contributed by atoms with Gasteiger partial charge in [0.25, 0.3) is 0 Å². The maximum Gasteiger partial charge on any atom is -0.00649 e. The Hall–Kier alpha value is 0.350. The number of hydrogen-bond donors (Lipinski definition) is 0. The fourth-order valence-electron chi connectivity index (χ4n) is 1.44. The van der Waals surface area contributed by atoms with Crippen LogP contribution in [0, 0.1) is 5.92 Å². The molecule has 9 heavy (non-hydrogen) atoms. The highest BCUT2D eigenvalue weighted by atomic mass is 32.2. The molecule has 1 saturated heterocycles. The normalized spacial score (nSPS) is 22.3. The monoisotopic (exact) mass is 144 g/mol. The van der Waals surface area contributed by atoms with Crippen molar-refractivity contribution >= 4 is 11.8 Å².